The maximum Gasteiger partial charge on any atom is 0.224 e. The van der Waals surface area contributed by atoms with Crippen LogP contribution in [0.15, 0.2) is 18.2 Å². The van der Waals surface area contributed by atoms with E-state index in [9.17, 15) is 4.79 Å². The molecule has 1 atom stereocenters. The summed E-state index contributed by atoms with van der Waals surface area (Å²) >= 11 is 0. The summed E-state index contributed by atoms with van der Waals surface area (Å²) in [6.07, 6.45) is 3.40. The predicted molar refractivity (Wildman–Crippen MR) is 83.8 cm³/mol. The highest BCUT2D eigenvalue weighted by molar-refractivity contribution is 5.79. The molecule has 1 aromatic rings. The molecule has 0 aliphatic rings. The van der Waals surface area contributed by atoms with Gasteiger partial charge in [-0.15, -0.1) is 0 Å². The van der Waals surface area contributed by atoms with Crippen LogP contribution in [0.4, 0.5) is 0 Å². The third kappa shape index (κ3) is 5.63. The van der Waals surface area contributed by atoms with Crippen molar-refractivity contribution < 1.29 is 14.3 Å². The zero-order valence-electron chi connectivity index (χ0n) is 13.1. The van der Waals surface area contributed by atoms with Crippen LogP contribution in [0.2, 0.25) is 0 Å². The number of nitrogens with one attached hydrogen (secondary N) is 1. The Kier molecular flexibility index (Phi) is 7.61. The van der Waals surface area contributed by atoms with Gasteiger partial charge in [-0.1, -0.05) is 25.8 Å². The Morgan fingerprint density at radius 3 is 2.57 bits per heavy atom. The van der Waals surface area contributed by atoms with Gasteiger partial charge in [-0.2, -0.15) is 0 Å². The molecule has 0 spiro atoms. The molecule has 5 nitrogen and oxygen atoms in total. The van der Waals surface area contributed by atoms with Crippen LogP contribution in [-0.2, 0) is 11.2 Å². The first kappa shape index (κ1) is 17.3. The number of amides is 1. The van der Waals surface area contributed by atoms with Crippen molar-refractivity contribution >= 4 is 5.91 Å². The molecule has 0 heterocycles. The first-order valence-corrected chi connectivity index (χ1v) is 7.34. The van der Waals surface area contributed by atoms with Gasteiger partial charge < -0.3 is 20.5 Å². The maximum absolute atomic E-state index is 12.1. The third-order valence-electron chi connectivity index (χ3n) is 3.37. The normalized spacial score (nSPS) is 11.8. The summed E-state index contributed by atoms with van der Waals surface area (Å²) in [5.41, 5.74) is 6.57. The Balaban J connectivity index is 2.61. The summed E-state index contributed by atoms with van der Waals surface area (Å²) in [4.78, 5) is 12.1. The van der Waals surface area contributed by atoms with Crippen molar-refractivity contribution in [3.8, 4) is 11.5 Å². The average Bonchev–Trinajstić information content (AvgIpc) is 2.51. The Hall–Kier alpha value is -1.75. The van der Waals surface area contributed by atoms with Crippen molar-refractivity contribution in [2.45, 2.75) is 38.6 Å². The Morgan fingerprint density at radius 1 is 1.29 bits per heavy atom. The van der Waals surface area contributed by atoms with E-state index in [2.05, 4.69) is 12.2 Å². The number of hydrogen-bond donors (Lipinski definition) is 2. The molecule has 0 bridgehead atoms. The molecule has 1 unspecified atom stereocenters. The molecule has 0 aliphatic heterocycles. The lowest BCUT2D eigenvalue weighted by Crippen LogP contribution is -2.40. The van der Waals surface area contributed by atoms with Crippen molar-refractivity contribution in [1.29, 1.82) is 0 Å². The summed E-state index contributed by atoms with van der Waals surface area (Å²) in [6, 6.07) is 5.54. The topological polar surface area (TPSA) is 73.6 Å². The van der Waals surface area contributed by atoms with Gasteiger partial charge in [0, 0.05) is 12.6 Å². The van der Waals surface area contributed by atoms with Crippen LogP contribution in [-0.4, -0.2) is 32.7 Å². The fourth-order valence-corrected chi connectivity index (χ4v) is 2.15. The number of unbranched alkanes of at least 4 members (excludes halogenated alkanes) is 1. The van der Waals surface area contributed by atoms with E-state index < -0.39 is 0 Å². The molecule has 5 heteroatoms. The van der Waals surface area contributed by atoms with Gasteiger partial charge in [0.1, 0.15) is 0 Å². The van der Waals surface area contributed by atoms with Crippen LogP contribution < -0.4 is 20.5 Å². The molecule has 0 saturated carbocycles. The minimum Gasteiger partial charge on any atom is -0.493 e. The van der Waals surface area contributed by atoms with Gasteiger partial charge in [0.05, 0.1) is 20.6 Å². The molecule has 0 aliphatic carbocycles. The van der Waals surface area contributed by atoms with Gasteiger partial charge in [0.2, 0.25) is 5.91 Å². The first-order chi connectivity index (χ1) is 10.1. The SMILES string of the molecule is CCCCC(CN)NC(=O)Cc1ccc(OC)c(OC)c1. The van der Waals surface area contributed by atoms with Crippen LogP contribution in [0, 0.1) is 0 Å². The highest BCUT2D eigenvalue weighted by Crippen LogP contribution is 2.27. The summed E-state index contributed by atoms with van der Waals surface area (Å²) in [5, 5.41) is 2.98. The number of rotatable bonds is 9. The molecule has 1 amide bonds. The highest BCUT2D eigenvalue weighted by Gasteiger charge is 2.12. The largest absolute Gasteiger partial charge is 0.493 e. The Bertz CT molecular complexity index is 449. The van der Waals surface area contributed by atoms with E-state index in [1.807, 2.05) is 12.1 Å². The second-order valence-corrected chi connectivity index (χ2v) is 5.01. The van der Waals surface area contributed by atoms with Crippen molar-refractivity contribution in [2.75, 3.05) is 20.8 Å². The van der Waals surface area contributed by atoms with Gasteiger partial charge >= 0.3 is 0 Å². The molecule has 0 aromatic heterocycles. The molecule has 21 heavy (non-hydrogen) atoms. The molecule has 0 saturated heterocycles. The van der Waals surface area contributed by atoms with Crippen LogP contribution in [0.25, 0.3) is 0 Å². The van der Waals surface area contributed by atoms with Gasteiger partial charge in [-0.25, -0.2) is 0 Å². The van der Waals surface area contributed by atoms with Gasteiger partial charge in [0.25, 0.3) is 0 Å². The zero-order valence-corrected chi connectivity index (χ0v) is 13.1. The molecular weight excluding hydrogens is 268 g/mol. The average molecular weight is 294 g/mol. The first-order valence-electron chi connectivity index (χ1n) is 7.34. The summed E-state index contributed by atoms with van der Waals surface area (Å²) in [6.45, 7) is 2.59. The van der Waals surface area contributed by atoms with Gasteiger partial charge in [-0.05, 0) is 24.1 Å². The van der Waals surface area contributed by atoms with Crippen molar-refractivity contribution in [3.63, 3.8) is 0 Å². The molecular formula is C16H26N2O3. The lowest BCUT2D eigenvalue weighted by atomic mass is 10.1. The monoisotopic (exact) mass is 294 g/mol. The second kappa shape index (κ2) is 9.23. The van der Waals surface area contributed by atoms with E-state index in [-0.39, 0.29) is 11.9 Å². The molecule has 0 radical (unpaired) electrons. The van der Waals surface area contributed by atoms with Crippen LogP contribution >= 0.6 is 0 Å². The standard InChI is InChI=1S/C16H26N2O3/c1-4-5-6-13(11-17)18-16(19)10-12-7-8-14(20-2)15(9-12)21-3/h7-9,13H,4-6,10-11,17H2,1-3H3,(H,18,19). The van der Waals surface area contributed by atoms with E-state index in [1.165, 1.54) is 0 Å². The fraction of sp³-hybridized carbons (Fsp3) is 0.562. The van der Waals surface area contributed by atoms with E-state index in [4.69, 9.17) is 15.2 Å². The Morgan fingerprint density at radius 2 is 2.00 bits per heavy atom. The number of nitrogens with two attached hydrogens (primary N) is 1. The van der Waals surface area contributed by atoms with Gasteiger partial charge in [-0.3, -0.25) is 4.79 Å². The number of hydrogen-bond acceptors (Lipinski definition) is 4. The fourth-order valence-electron chi connectivity index (χ4n) is 2.15. The van der Waals surface area contributed by atoms with Crippen LogP contribution in [0.5, 0.6) is 11.5 Å². The third-order valence-corrected chi connectivity index (χ3v) is 3.37. The zero-order chi connectivity index (χ0) is 15.7. The molecule has 3 N–H and O–H groups in total. The predicted octanol–water partition coefficient (Wildman–Crippen LogP) is 1.88. The van der Waals surface area contributed by atoms with E-state index in [0.717, 1.165) is 24.8 Å². The molecule has 1 rings (SSSR count). The molecule has 1 aromatic carbocycles. The number of ether oxygens (including phenoxy) is 2. The summed E-state index contributed by atoms with van der Waals surface area (Å²) in [7, 11) is 3.17. The number of methoxy groups -OCH3 is 2. The lowest BCUT2D eigenvalue weighted by molar-refractivity contribution is -0.121. The van der Waals surface area contributed by atoms with Crippen LogP contribution in [0.1, 0.15) is 31.7 Å². The minimum atomic E-state index is -0.0197. The minimum absolute atomic E-state index is 0.0197. The van der Waals surface area contributed by atoms with E-state index in [0.29, 0.717) is 24.5 Å². The molecule has 118 valence electrons. The quantitative estimate of drug-likeness (QED) is 0.729. The van der Waals surface area contributed by atoms with E-state index in [1.54, 1.807) is 20.3 Å². The van der Waals surface area contributed by atoms with Crippen molar-refractivity contribution in [2.24, 2.45) is 5.73 Å². The second-order valence-electron chi connectivity index (χ2n) is 5.01. The van der Waals surface area contributed by atoms with Gasteiger partial charge in [0.15, 0.2) is 11.5 Å². The van der Waals surface area contributed by atoms with Crippen molar-refractivity contribution in [3.05, 3.63) is 23.8 Å². The lowest BCUT2D eigenvalue weighted by Gasteiger charge is -2.16. The number of carbonyl (C=O) groups excluding carboxylic acids is 1. The van der Waals surface area contributed by atoms with Crippen LogP contribution in [0.3, 0.4) is 0 Å². The summed E-state index contributed by atoms with van der Waals surface area (Å²) < 4.78 is 10.4. The number of benzene rings is 1. The Labute approximate surface area is 126 Å². The summed E-state index contributed by atoms with van der Waals surface area (Å²) in [5.74, 6) is 1.27. The number of carbonyl (C=O) groups is 1. The highest BCUT2D eigenvalue weighted by atomic mass is 16.5. The van der Waals surface area contributed by atoms with Crippen molar-refractivity contribution in [1.82, 2.24) is 5.32 Å². The smallest absolute Gasteiger partial charge is 0.224 e. The maximum atomic E-state index is 12.1. The molecule has 0 fully saturated rings. The van der Waals surface area contributed by atoms with E-state index >= 15 is 0 Å².